The zero-order valence-electron chi connectivity index (χ0n) is 11.6. The van der Waals surface area contributed by atoms with Crippen molar-refractivity contribution in [1.82, 2.24) is 9.97 Å². The van der Waals surface area contributed by atoms with Crippen LogP contribution < -0.4 is 5.56 Å². The van der Waals surface area contributed by atoms with Crippen molar-refractivity contribution in [2.24, 2.45) is 0 Å². The number of rotatable bonds is 4. The molecule has 1 N–H and O–H groups in total. The zero-order chi connectivity index (χ0) is 16.4. The second kappa shape index (κ2) is 6.45. The molecule has 0 aliphatic heterocycles. The predicted molar refractivity (Wildman–Crippen MR) is 88.0 cm³/mol. The van der Waals surface area contributed by atoms with Crippen molar-refractivity contribution in [3.8, 4) is 10.7 Å². The number of hydrogen-bond acceptors (Lipinski definition) is 6. The second-order valence-corrected chi connectivity index (χ2v) is 6.99. The second-order valence-electron chi connectivity index (χ2n) is 4.56. The lowest BCUT2D eigenvalue weighted by Gasteiger charge is -2.07. The van der Waals surface area contributed by atoms with Crippen LogP contribution in [-0.4, -0.2) is 31.3 Å². The number of pyridine rings is 1. The molecule has 2 heterocycles. The van der Waals surface area contributed by atoms with Crippen molar-refractivity contribution in [2.45, 2.75) is 5.03 Å². The van der Waals surface area contributed by atoms with Gasteiger partial charge in [0.05, 0.1) is 5.39 Å². The molecule has 23 heavy (non-hydrogen) atoms. The molecule has 0 aliphatic rings. The Labute approximate surface area is 137 Å². The number of hydrogen-bond donors (Lipinski definition) is 1. The minimum absolute atomic E-state index is 0.152. The Balaban J connectivity index is 2.05. The van der Waals surface area contributed by atoms with Crippen LogP contribution in [-0.2, 0) is 16.0 Å². The minimum atomic E-state index is -1.74. The quantitative estimate of drug-likeness (QED) is 0.724. The van der Waals surface area contributed by atoms with Crippen molar-refractivity contribution in [2.75, 3.05) is 5.75 Å². The molecule has 0 bridgehead atoms. The van der Waals surface area contributed by atoms with E-state index in [1.165, 1.54) is 17.4 Å². The Morgan fingerprint density at radius 3 is 2.74 bits per heavy atom. The van der Waals surface area contributed by atoms with Gasteiger partial charge in [0.25, 0.3) is 5.56 Å². The van der Waals surface area contributed by atoms with Crippen molar-refractivity contribution in [1.29, 1.82) is 0 Å². The first kappa shape index (κ1) is 15.6. The third-order valence-electron chi connectivity index (χ3n) is 2.96. The molecule has 0 spiro atoms. The zero-order valence-corrected chi connectivity index (χ0v) is 13.3. The fourth-order valence-electron chi connectivity index (χ4n) is 1.97. The van der Waals surface area contributed by atoms with Crippen LogP contribution in [0.1, 0.15) is 0 Å². The van der Waals surface area contributed by atoms with Crippen LogP contribution in [0, 0.1) is 0 Å². The van der Waals surface area contributed by atoms with Gasteiger partial charge in [-0.1, -0.05) is 18.2 Å². The van der Waals surface area contributed by atoms with E-state index in [-0.39, 0.29) is 10.6 Å². The maximum Gasteiger partial charge on any atom is 0.354 e. The molecule has 0 saturated carbocycles. The number of aliphatic carboxylic acids is 1. The first-order chi connectivity index (χ1) is 11.0. The van der Waals surface area contributed by atoms with Gasteiger partial charge < -0.3 is 9.66 Å². The van der Waals surface area contributed by atoms with E-state index in [1.807, 2.05) is 12.1 Å². The van der Waals surface area contributed by atoms with E-state index in [0.717, 1.165) is 4.70 Å². The summed E-state index contributed by atoms with van der Waals surface area (Å²) in [4.78, 5) is 30.9. The molecule has 1 atom stereocenters. The number of aromatic nitrogens is 2. The van der Waals surface area contributed by atoms with E-state index in [2.05, 4.69) is 9.97 Å². The van der Waals surface area contributed by atoms with E-state index in [9.17, 15) is 14.1 Å². The number of carboxylic acid groups (broad SMARTS) is 1. The smallest absolute Gasteiger partial charge is 0.354 e. The van der Waals surface area contributed by atoms with Gasteiger partial charge >= 0.3 is 5.97 Å². The largest absolute Gasteiger partial charge is 0.610 e. The lowest BCUT2D eigenvalue weighted by molar-refractivity contribution is -0.134. The molecule has 0 fully saturated rings. The molecule has 1 aromatic carbocycles. The summed E-state index contributed by atoms with van der Waals surface area (Å²) in [5.74, 6) is -1.68. The Morgan fingerprint density at radius 2 is 1.96 bits per heavy atom. The molecule has 0 saturated heterocycles. The van der Waals surface area contributed by atoms with E-state index in [0.29, 0.717) is 16.1 Å². The van der Waals surface area contributed by atoms with Crippen LogP contribution in [0.4, 0.5) is 0 Å². The minimum Gasteiger partial charge on any atom is -0.610 e. The van der Waals surface area contributed by atoms with Crippen molar-refractivity contribution < 1.29 is 14.5 Å². The first-order valence-corrected chi connectivity index (χ1v) is 8.65. The third-order valence-corrected chi connectivity index (χ3v) is 5.23. The lowest BCUT2D eigenvalue weighted by Crippen LogP contribution is -2.16. The summed E-state index contributed by atoms with van der Waals surface area (Å²) in [5.41, 5.74) is 0.0438. The summed E-state index contributed by atoms with van der Waals surface area (Å²) >= 11 is -0.442. The summed E-state index contributed by atoms with van der Waals surface area (Å²) in [6, 6.07) is 11.9. The van der Waals surface area contributed by atoms with Gasteiger partial charge in [0.2, 0.25) is 10.8 Å². The van der Waals surface area contributed by atoms with Crippen LogP contribution in [0.5, 0.6) is 0 Å². The van der Waals surface area contributed by atoms with Crippen LogP contribution in [0.25, 0.3) is 20.8 Å². The number of fused-ring (bicyclic) bond motifs is 1. The van der Waals surface area contributed by atoms with Crippen LogP contribution in [0.3, 0.4) is 0 Å². The average molecular weight is 346 g/mol. The highest BCUT2D eigenvalue weighted by molar-refractivity contribution is 7.92. The van der Waals surface area contributed by atoms with Crippen LogP contribution >= 0.6 is 11.3 Å². The molecule has 0 aliphatic carbocycles. The highest BCUT2D eigenvalue weighted by Crippen LogP contribution is 2.25. The summed E-state index contributed by atoms with van der Waals surface area (Å²) in [7, 11) is 0. The molecule has 3 aromatic rings. The molecular formula is C15H10N2O4S2. The van der Waals surface area contributed by atoms with Crippen LogP contribution in [0.2, 0.25) is 0 Å². The van der Waals surface area contributed by atoms with E-state index in [1.54, 1.807) is 24.3 Å². The SMILES string of the molecule is O=C(O)C[S+]([O-])c1cccc(-c2nc(=O)c3ccccc3s2)n1. The van der Waals surface area contributed by atoms with Crippen molar-refractivity contribution in [3.63, 3.8) is 0 Å². The summed E-state index contributed by atoms with van der Waals surface area (Å²) in [5, 5.41) is 9.81. The topological polar surface area (TPSA) is 103 Å². The highest BCUT2D eigenvalue weighted by atomic mass is 32.2. The molecule has 3 rings (SSSR count). The van der Waals surface area contributed by atoms with Gasteiger partial charge in [-0.25, -0.2) is 4.79 Å². The monoisotopic (exact) mass is 346 g/mol. The van der Waals surface area contributed by atoms with Crippen molar-refractivity contribution >= 4 is 38.6 Å². The number of nitrogens with zero attached hydrogens (tertiary/aromatic N) is 2. The molecule has 8 heteroatoms. The summed E-state index contributed by atoms with van der Waals surface area (Å²) in [6.45, 7) is 0. The average Bonchev–Trinajstić information content (AvgIpc) is 2.54. The normalized spacial score (nSPS) is 12.2. The summed E-state index contributed by atoms with van der Waals surface area (Å²) in [6.07, 6.45) is 0. The molecule has 1 unspecified atom stereocenters. The van der Waals surface area contributed by atoms with E-state index >= 15 is 0 Å². The van der Waals surface area contributed by atoms with Gasteiger partial charge in [0, 0.05) is 21.9 Å². The molecule has 116 valence electrons. The molecule has 0 amide bonds. The van der Waals surface area contributed by atoms with Gasteiger partial charge in [0.15, 0.2) is 0 Å². The standard InChI is InChI=1S/C15H10N2O4S2/c18-13(19)8-23(21)12-7-3-5-10(16-12)15-17-14(20)9-4-1-2-6-11(9)22-15/h1-7H,8H2,(H,18,19). The molecular weight excluding hydrogens is 336 g/mol. The van der Waals surface area contributed by atoms with Crippen LogP contribution in [0.15, 0.2) is 52.3 Å². The third kappa shape index (κ3) is 3.39. The molecule has 0 radical (unpaired) electrons. The Hall–Kier alpha value is -2.29. The number of carbonyl (C=O) groups is 1. The maximum atomic E-state index is 12.1. The number of benzene rings is 1. The molecule has 2 aromatic heterocycles. The number of carboxylic acids is 1. The Kier molecular flexibility index (Phi) is 4.37. The maximum absolute atomic E-state index is 12.1. The Bertz CT molecular complexity index is 942. The highest BCUT2D eigenvalue weighted by Gasteiger charge is 2.18. The first-order valence-electron chi connectivity index (χ1n) is 6.52. The predicted octanol–water partition coefficient (Wildman–Crippen LogP) is 1.91. The van der Waals surface area contributed by atoms with Gasteiger partial charge in [-0.2, -0.15) is 9.97 Å². The summed E-state index contributed by atoms with van der Waals surface area (Å²) < 4.78 is 12.7. The Morgan fingerprint density at radius 1 is 1.17 bits per heavy atom. The molecule has 6 nitrogen and oxygen atoms in total. The van der Waals surface area contributed by atoms with Gasteiger partial charge in [-0.3, -0.25) is 4.79 Å². The van der Waals surface area contributed by atoms with E-state index in [4.69, 9.17) is 5.11 Å². The fourth-order valence-corrected chi connectivity index (χ4v) is 3.74. The van der Waals surface area contributed by atoms with Gasteiger partial charge in [0.1, 0.15) is 10.7 Å². The van der Waals surface area contributed by atoms with E-state index < -0.39 is 22.9 Å². The van der Waals surface area contributed by atoms with Crippen molar-refractivity contribution in [3.05, 3.63) is 52.8 Å². The fraction of sp³-hybridized carbons (Fsp3) is 0.0667. The van der Waals surface area contributed by atoms with Gasteiger partial charge in [-0.15, -0.1) is 11.3 Å². The lowest BCUT2D eigenvalue weighted by atomic mass is 10.3. The van der Waals surface area contributed by atoms with Gasteiger partial charge in [-0.05, 0) is 18.2 Å².